The first-order valence-electron chi connectivity index (χ1n) is 6.36. The van der Waals surface area contributed by atoms with E-state index in [-0.39, 0.29) is 17.3 Å². The fourth-order valence-electron chi connectivity index (χ4n) is 2.06. The molecule has 0 saturated carbocycles. The lowest BCUT2D eigenvalue weighted by molar-refractivity contribution is -0.0894. The zero-order chi connectivity index (χ0) is 17.1. The van der Waals surface area contributed by atoms with Crippen molar-refractivity contribution in [3.63, 3.8) is 0 Å². The Bertz CT molecular complexity index is 427. The maximum Gasteiger partial charge on any atom is 0.397 e. The summed E-state index contributed by atoms with van der Waals surface area (Å²) in [5.41, 5.74) is 0. The van der Waals surface area contributed by atoms with E-state index in [1.807, 2.05) is 0 Å². The highest BCUT2D eigenvalue weighted by molar-refractivity contribution is 7.97. The summed E-state index contributed by atoms with van der Waals surface area (Å²) in [6.45, 7) is -0.880. The molecule has 0 amide bonds. The lowest BCUT2D eigenvalue weighted by Crippen LogP contribution is -2.43. The van der Waals surface area contributed by atoms with Crippen molar-refractivity contribution in [3.05, 3.63) is 0 Å². The summed E-state index contributed by atoms with van der Waals surface area (Å²) in [5, 5.41) is 57.4. The summed E-state index contributed by atoms with van der Waals surface area (Å²) >= 11 is 0. The van der Waals surface area contributed by atoms with Crippen LogP contribution in [0, 0.1) is 0 Å². The van der Waals surface area contributed by atoms with Crippen LogP contribution in [0.2, 0.25) is 0 Å². The normalized spacial score (nSPS) is 36.6. The van der Waals surface area contributed by atoms with Crippen LogP contribution >= 0.6 is 0 Å². The van der Waals surface area contributed by atoms with E-state index in [0.717, 1.165) is 0 Å². The van der Waals surface area contributed by atoms with E-state index >= 15 is 0 Å². The molecule has 0 unspecified atom stereocenters. The van der Waals surface area contributed by atoms with Gasteiger partial charge in [-0.15, -0.1) is 0 Å². The first-order valence-corrected chi connectivity index (χ1v) is 9.46. The van der Waals surface area contributed by atoms with Crippen molar-refractivity contribution >= 4 is 21.3 Å². The Morgan fingerprint density at radius 1 is 1.09 bits per heavy atom. The minimum absolute atomic E-state index is 0.0314. The molecule has 0 spiro atoms. The molecule has 0 aliphatic carbocycles. The van der Waals surface area contributed by atoms with Gasteiger partial charge in [-0.05, 0) is 10.9 Å². The molecule has 12 heteroatoms. The van der Waals surface area contributed by atoms with Gasteiger partial charge < -0.3 is 30.6 Å². The third-order valence-electron chi connectivity index (χ3n) is 3.21. The smallest absolute Gasteiger partial charge is 0.394 e. The van der Waals surface area contributed by atoms with Crippen molar-refractivity contribution < 1.29 is 47.8 Å². The number of aliphatic hydroxyl groups excluding tert-OH is 6. The number of hydrogen-bond donors (Lipinski definition) is 7. The average molecular weight is 365 g/mol. The summed E-state index contributed by atoms with van der Waals surface area (Å²) in [6, 6.07) is 0. The Hall–Kier alpha value is -0.0200. The van der Waals surface area contributed by atoms with Crippen LogP contribution in [-0.4, -0.2) is 104 Å². The monoisotopic (exact) mass is 365 g/mol. The molecule has 132 valence electrons. The van der Waals surface area contributed by atoms with Crippen LogP contribution in [0.25, 0.3) is 0 Å². The van der Waals surface area contributed by atoms with Crippen LogP contribution in [0.1, 0.15) is 0 Å². The second kappa shape index (κ2) is 8.19. The average Bonchev–Trinajstić information content (AvgIpc) is 2.48. The molecule has 0 aromatic heterocycles. The molecule has 0 bridgehead atoms. The predicted octanol–water partition coefficient (Wildman–Crippen LogP) is -4.40. The molecule has 10 nitrogen and oxygen atoms in total. The highest BCUT2D eigenvalue weighted by atomic mass is 32.3. The van der Waals surface area contributed by atoms with Crippen molar-refractivity contribution in [1.82, 2.24) is 0 Å². The standard InChI is InChI=1S/C10H20O10S2/c11-1-8(20-22(17,18)19)5(12)2-21-3-6(13)9(15)10(16)7(14)4-21/h5-16H,1-4H2/p+1/t5-,6+,7+,8+,9+,10+/m0/s1. The van der Waals surface area contributed by atoms with Crippen molar-refractivity contribution in [1.29, 1.82) is 0 Å². The highest BCUT2D eigenvalue weighted by Gasteiger charge is 2.43. The van der Waals surface area contributed by atoms with E-state index in [2.05, 4.69) is 4.18 Å². The quantitative estimate of drug-likeness (QED) is 0.179. The third-order valence-corrected chi connectivity index (χ3v) is 6.14. The molecule has 1 fully saturated rings. The molecule has 6 atom stereocenters. The summed E-state index contributed by atoms with van der Waals surface area (Å²) in [6.07, 6.45) is -8.81. The lowest BCUT2D eigenvalue weighted by atomic mass is 10.1. The highest BCUT2D eigenvalue weighted by Crippen LogP contribution is 2.19. The maximum absolute atomic E-state index is 10.6. The number of rotatable bonds is 6. The Balaban J connectivity index is 2.71. The topological polar surface area (TPSA) is 185 Å². The minimum Gasteiger partial charge on any atom is -0.394 e. The van der Waals surface area contributed by atoms with Crippen molar-refractivity contribution in [2.45, 2.75) is 36.6 Å². The van der Waals surface area contributed by atoms with Crippen LogP contribution in [-0.2, 0) is 25.5 Å². The fourth-order valence-corrected chi connectivity index (χ4v) is 5.03. The number of hydrogen-bond acceptors (Lipinski definition) is 9. The summed E-state index contributed by atoms with van der Waals surface area (Å²) in [4.78, 5) is 0. The fraction of sp³-hybridized carbons (Fsp3) is 1.00. The Labute approximate surface area is 130 Å². The van der Waals surface area contributed by atoms with Crippen LogP contribution in [0.15, 0.2) is 0 Å². The van der Waals surface area contributed by atoms with Gasteiger partial charge in [0, 0.05) is 0 Å². The minimum atomic E-state index is -4.86. The molecule has 1 saturated heterocycles. The van der Waals surface area contributed by atoms with Gasteiger partial charge in [0.15, 0.2) is 0 Å². The summed E-state index contributed by atoms with van der Waals surface area (Å²) in [5.74, 6) is -0.221. The second-order valence-corrected chi connectivity index (χ2v) is 8.31. The molecule has 1 aliphatic rings. The van der Waals surface area contributed by atoms with Gasteiger partial charge in [0.25, 0.3) is 0 Å². The van der Waals surface area contributed by atoms with Crippen molar-refractivity contribution in [3.8, 4) is 0 Å². The second-order valence-electron chi connectivity index (χ2n) is 5.04. The van der Waals surface area contributed by atoms with Gasteiger partial charge in [-0.2, -0.15) is 8.42 Å². The van der Waals surface area contributed by atoms with Crippen LogP contribution in [0.5, 0.6) is 0 Å². The van der Waals surface area contributed by atoms with Crippen molar-refractivity contribution in [2.75, 3.05) is 23.9 Å². The Morgan fingerprint density at radius 3 is 1.91 bits per heavy atom. The van der Waals surface area contributed by atoms with Gasteiger partial charge in [0.2, 0.25) is 0 Å². The molecule has 22 heavy (non-hydrogen) atoms. The zero-order valence-electron chi connectivity index (χ0n) is 11.5. The lowest BCUT2D eigenvalue weighted by Gasteiger charge is -2.20. The van der Waals surface area contributed by atoms with E-state index in [1.54, 1.807) is 0 Å². The molecule has 1 heterocycles. The molecule has 0 radical (unpaired) electrons. The molecule has 1 aliphatic heterocycles. The first kappa shape index (κ1) is 20.0. The SMILES string of the molecule is O=S(=O)(O)O[C@H](CO)[C@@H](O)C[S+]1C[C@@H](O)[C@@H](O)[C@H](O)[C@H](O)C1. The first-order chi connectivity index (χ1) is 10.0. The van der Waals surface area contributed by atoms with Gasteiger partial charge in [-0.25, -0.2) is 4.18 Å². The van der Waals surface area contributed by atoms with Crippen LogP contribution < -0.4 is 0 Å². The number of aliphatic hydroxyl groups is 6. The van der Waals surface area contributed by atoms with Gasteiger partial charge in [-0.3, -0.25) is 4.55 Å². The Kier molecular flexibility index (Phi) is 7.45. The molecule has 1 rings (SSSR count). The zero-order valence-corrected chi connectivity index (χ0v) is 13.1. The van der Waals surface area contributed by atoms with E-state index < -0.39 is 64.5 Å². The summed E-state index contributed by atoms with van der Waals surface area (Å²) in [7, 11) is -5.75. The molecule has 7 N–H and O–H groups in total. The van der Waals surface area contributed by atoms with Gasteiger partial charge in [0.1, 0.15) is 53.9 Å². The van der Waals surface area contributed by atoms with Gasteiger partial charge in [-0.1, -0.05) is 0 Å². The van der Waals surface area contributed by atoms with E-state index in [1.165, 1.54) is 0 Å². The van der Waals surface area contributed by atoms with Gasteiger partial charge in [0.05, 0.1) is 6.61 Å². The molecule has 0 aromatic carbocycles. The Morgan fingerprint density at radius 2 is 1.55 bits per heavy atom. The van der Waals surface area contributed by atoms with Crippen LogP contribution in [0.4, 0.5) is 0 Å². The molecular formula is C10H21O10S2+. The predicted molar refractivity (Wildman–Crippen MR) is 75.5 cm³/mol. The van der Waals surface area contributed by atoms with E-state index in [4.69, 9.17) is 9.66 Å². The van der Waals surface area contributed by atoms with E-state index in [9.17, 15) is 34.0 Å². The van der Waals surface area contributed by atoms with E-state index in [0.29, 0.717) is 0 Å². The van der Waals surface area contributed by atoms with Gasteiger partial charge >= 0.3 is 10.4 Å². The summed E-state index contributed by atoms with van der Waals surface area (Å²) < 4.78 is 33.9. The largest absolute Gasteiger partial charge is 0.397 e. The van der Waals surface area contributed by atoms with Crippen LogP contribution in [0.3, 0.4) is 0 Å². The van der Waals surface area contributed by atoms with Crippen molar-refractivity contribution in [2.24, 2.45) is 0 Å². The molecular weight excluding hydrogens is 344 g/mol. The maximum atomic E-state index is 10.6. The molecule has 0 aromatic rings. The third kappa shape index (κ3) is 5.88.